The fraction of sp³-hybridized carbons (Fsp3) is 0.429. The summed E-state index contributed by atoms with van der Waals surface area (Å²) in [7, 11) is -3.30. The van der Waals surface area contributed by atoms with Crippen LogP contribution in [0.2, 0.25) is 0 Å². The molecule has 1 heterocycles. The highest BCUT2D eigenvalue weighted by Crippen LogP contribution is 2.56. The van der Waals surface area contributed by atoms with Gasteiger partial charge in [-0.3, -0.25) is 0 Å². The molecule has 3 nitrogen and oxygen atoms in total. The van der Waals surface area contributed by atoms with Gasteiger partial charge in [-0.15, -0.1) is 0 Å². The lowest BCUT2D eigenvalue weighted by Crippen LogP contribution is -2.19. The van der Waals surface area contributed by atoms with Crippen LogP contribution in [0.1, 0.15) is 42.9 Å². The Kier molecular flexibility index (Phi) is 4.00. The molecule has 4 rings (SSSR count). The SMILES string of the molecule is CC(C)c1ccc(S(=O)(=O)Cc2ccc([C@@]34CNC[C@@H]3C4)cc2)cc1. The molecule has 4 heteroatoms. The first-order chi connectivity index (χ1) is 11.9. The Labute approximate surface area is 150 Å². The molecular formula is C21H25NO2S. The van der Waals surface area contributed by atoms with E-state index in [1.807, 2.05) is 24.3 Å². The molecular weight excluding hydrogens is 330 g/mol. The van der Waals surface area contributed by atoms with Crippen molar-refractivity contribution in [1.29, 1.82) is 0 Å². The number of piperidine rings is 1. The third-order valence-corrected chi connectivity index (χ3v) is 7.56. The van der Waals surface area contributed by atoms with Crippen molar-refractivity contribution in [3.05, 3.63) is 65.2 Å². The molecule has 25 heavy (non-hydrogen) atoms. The van der Waals surface area contributed by atoms with E-state index in [0.717, 1.165) is 30.1 Å². The fourth-order valence-electron chi connectivity index (χ4n) is 4.09. The van der Waals surface area contributed by atoms with E-state index in [4.69, 9.17) is 0 Å². The topological polar surface area (TPSA) is 46.2 Å². The summed E-state index contributed by atoms with van der Waals surface area (Å²) >= 11 is 0. The Hall–Kier alpha value is -1.65. The van der Waals surface area contributed by atoms with Crippen molar-refractivity contribution < 1.29 is 8.42 Å². The summed E-state index contributed by atoms with van der Waals surface area (Å²) < 4.78 is 25.4. The molecule has 0 amide bonds. The molecule has 2 fully saturated rings. The summed E-state index contributed by atoms with van der Waals surface area (Å²) in [6.45, 7) is 6.38. The van der Waals surface area contributed by atoms with Crippen LogP contribution in [-0.4, -0.2) is 21.5 Å². The lowest BCUT2D eigenvalue weighted by Gasteiger charge is -2.13. The van der Waals surface area contributed by atoms with Gasteiger partial charge in [-0.1, -0.05) is 50.2 Å². The Bertz CT molecular complexity index is 869. The van der Waals surface area contributed by atoms with Gasteiger partial charge < -0.3 is 5.32 Å². The lowest BCUT2D eigenvalue weighted by atomic mass is 9.94. The molecule has 2 atom stereocenters. The molecule has 2 aromatic carbocycles. The normalized spacial score (nSPS) is 25.2. The third kappa shape index (κ3) is 3.02. The van der Waals surface area contributed by atoms with Gasteiger partial charge in [0.15, 0.2) is 9.84 Å². The summed E-state index contributed by atoms with van der Waals surface area (Å²) in [5.41, 5.74) is 3.69. The Morgan fingerprint density at radius 3 is 2.28 bits per heavy atom. The van der Waals surface area contributed by atoms with E-state index in [1.54, 1.807) is 12.1 Å². The lowest BCUT2D eigenvalue weighted by molar-refractivity contribution is 0.595. The number of sulfone groups is 1. The van der Waals surface area contributed by atoms with E-state index < -0.39 is 9.84 Å². The second-order valence-electron chi connectivity index (χ2n) is 7.87. The first-order valence-corrected chi connectivity index (χ1v) is 10.7. The van der Waals surface area contributed by atoms with Crippen molar-refractivity contribution in [2.75, 3.05) is 13.1 Å². The van der Waals surface area contributed by atoms with Gasteiger partial charge in [0.1, 0.15) is 0 Å². The molecule has 2 aliphatic rings. The largest absolute Gasteiger partial charge is 0.316 e. The minimum Gasteiger partial charge on any atom is -0.316 e. The van der Waals surface area contributed by atoms with E-state index in [-0.39, 0.29) is 5.75 Å². The van der Waals surface area contributed by atoms with Crippen molar-refractivity contribution in [3.63, 3.8) is 0 Å². The predicted octanol–water partition coefficient (Wildman–Crippen LogP) is 3.64. The highest BCUT2D eigenvalue weighted by Gasteiger charge is 2.57. The third-order valence-electron chi connectivity index (χ3n) is 5.85. The molecule has 1 aliphatic carbocycles. The van der Waals surface area contributed by atoms with Gasteiger partial charge >= 0.3 is 0 Å². The minimum absolute atomic E-state index is 0.0585. The van der Waals surface area contributed by atoms with Crippen molar-refractivity contribution in [3.8, 4) is 0 Å². The van der Waals surface area contributed by atoms with E-state index in [9.17, 15) is 8.42 Å². The molecule has 0 aromatic heterocycles. The Balaban J connectivity index is 1.51. The number of hydrogen-bond acceptors (Lipinski definition) is 3. The van der Waals surface area contributed by atoms with Crippen LogP contribution in [0.5, 0.6) is 0 Å². The van der Waals surface area contributed by atoms with E-state index >= 15 is 0 Å². The smallest absolute Gasteiger partial charge is 0.182 e. The maximum Gasteiger partial charge on any atom is 0.182 e. The van der Waals surface area contributed by atoms with Crippen LogP contribution in [0.25, 0.3) is 0 Å². The summed E-state index contributed by atoms with van der Waals surface area (Å²) in [6, 6.07) is 15.5. The zero-order chi connectivity index (χ0) is 17.7. The summed E-state index contributed by atoms with van der Waals surface area (Å²) in [6.07, 6.45) is 1.26. The second-order valence-corrected chi connectivity index (χ2v) is 9.86. The average Bonchev–Trinajstić information content (AvgIpc) is 3.16. The first kappa shape index (κ1) is 16.8. The molecule has 1 N–H and O–H groups in total. The van der Waals surface area contributed by atoms with Crippen LogP contribution in [0.3, 0.4) is 0 Å². The Morgan fingerprint density at radius 1 is 1.08 bits per heavy atom. The van der Waals surface area contributed by atoms with E-state index in [0.29, 0.717) is 16.2 Å². The van der Waals surface area contributed by atoms with E-state index in [2.05, 4.69) is 31.3 Å². The zero-order valence-corrected chi connectivity index (χ0v) is 15.6. The molecule has 1 saturated heterocycles. The van der Waals surface area contributed by atoms with Crippen molar-refractivity contribution in [1.82, 2.24) is 5.32 Å². The van der Waals surface area contributed by atoms with Crippen molar-refractivity contribution in [2.24, 2.45) is 5.92 Å². The molecule has 0 bridgehead atoms. The maximum atomic E-state index is 12.7. The first-order valence-electron chi connectivity index (χ1n) is 9.04. The van der Waals surface area contributed by atoms with Crippen LogP contribution >= 0.6 is 0 Å². The number of benzene rings is 2. The van der Waals surface area contributed by atoms with Gasteiger partial charge in [0.2, 0.25) is 0 Å². The number of rotatable bonds is 5. The highest BCUT2D eigenvalue weighted by atomic mass is 32.2. The van der Waals surface area contributed by atoms with Gasteiger partial charge in [0.05, 0.1) is 10.6 Å². The fourth-order valence-corrected chi connectivity index (χ4v) is 5.43. The van der Waals surface area contributed by atoms with Crippen LogP contribution in [0, 0.1) is 5.92 Å². The second kappa shape index (κ2) is 5.96. The number of hydrogen-bond donors (Lipinski definition) is 1. The van der Waals surface area contributed by atoms with Crippen LogP contribution < -0.4 is 5.32 Å². The zero-order valence-electron chi connectivity index (χ0n) is 14.8. The molecule has 0 unspecified atom stereocenters. The standard InChI is InChI=1S/C21H25NO2S/c1-15(2)17-5-9-20(10-6-17)25(23,24)13-16-3-7-18(8-4-16)21-11-19(21)12-22-14-21/h3-10,15,19,22H,11-14H2,1-2H3/t19-,21+/m0/s1. The highest BCUT2D eigenvalue weighted by molar-refractivity contribution is 7.90. The summed E-state index contributed by atoms with van der Waals surface area (Å²) in [5.74, 6) is 1.23. The molecule has 0 spiro atoms. The monoisotopic (exact) mass is 355 g/mol. The summed E-state index contributed by atoms with van der Waals surface area (Å²) in [4.78, 5) is 0.404. The summed E-state index contributed by atoms with van der Waals surface area (Å²) in [5, 5.41) is 3.45. The predicted molar refractivity (Wildman–Crippen MR) is 101 cm³/mol. The van der Waals surface area contributed by atoms with Crippen molar-refractivity contribution in [2.45, 2.75) is 42.2 Å². The molecule has 132 valence electrons. The van der Waals surface area contributed by atoms with Crippen LogP contribution in [-0.2, 0) is 21.0 Å². The average molecular weight is 356 g/mol. The van der Waals surface area contributed by atoms with E-state index in [1.165, 1.54) is 12.0 Å². The molecule has 2 aromatic rings. The van der Waals surface area contributed by atoms with Gasteiger partial charge in [-0.2, -0.15) is 0 Å². The van der Waals surface area contributed by atoms with Gasteiger partial charge in [-0.25, -0.2) is 8.42 Å². The van der Waals surface area contributed by atoms with Gasteiger partial charge in [-0.05, 0) is 53.6 Å². The quantitative estimate of drug-likeness (QED) is 0.891. The Morgan fingerprint density at radius 2 is 1.76 bits per heavy atom. The molecule has 0 radical (unpaired) electrons. The van der Waals surface area contributed by atoms with Crippen LogP contribution in [0.15, 0.2) is 53.4 Å². The van der Waals surface area contributed by atoms with Crippen LogP contribution in [0.4, 0.5) is 0 Å². The minimum atomic E-state index is -3.30. The molecule has 1 saturated carbocycles. The van der Waals surface area contributed by atoms with Gasteiger partial charge in [0, 0.05) is 12.0 Å². The molecule has 1 aliphatic heterocycles. The maximum absolute atomic E-state index is 12.7. The number of nitrogens with one attached hydrogen (secondary N) is 1. The van der Waals surface area contributed by atoms with Crippen molar-refractivity contribution >= 4 is 9.84 Å². The number of fused-ring (bicyclic) bond motifs is 1. The van der Waals surface area contributed by atoms with Gasteiger partial charge in [0.25, 0.3) is 0 Å².